The van der Waals surface area contributed by atoms with Crippen LogP contribution >= 0.6 is 0 Å². The predicted molar refractivity (Wildman–Crippen MR) is 139 cm³/mol. The molecule has 1 fully saturated rings. The monoisotopic (exact) mass is 541 g/mol. The zero-order valence-electron chi connectivity index (χ0n) is 21.6. The van der Waals surface area contributed by atoms with E-state index in [2.05, 4.69) is 0 Å². The smallest absolute Gasteiger partial charge is 0.419 e. The van der Waals surface area contributed by atoms with Gasteiger partial charge in [0.1, 0.15) is 31.6 Å². The van der Waals surface area contributed by atoms with E-state index in [-0.39, 0.29) is 18.9 Å². The SMILES string of the molecule is Cc1c(COc2cc(CN3CCCC[C@@H]3C(=O)O)ccc2C(F)(F)F)cccc1-c1ccc2c(c1)OCCO2. The van der Waals surface area contributed by atoms with Crippen LogP contribution in [0.2, 0.25) is 0 Å². The summed E-state index contributed by atoms with van der Waals surface area (Å²) in [5.74, 6) is 0.158. The van der Waals surface area contributed by atoms with Crippen LogP contribution in [0.1, 0.15) is 41.5 Å². The molecule has 1 atom stereocenters. The van der Waals surface area contributed by atoms with Gasteiger partial charge in [0, 0.05) is 6.54 Å². The highest BCUT2D eigenvalue weighted by atomic mass is 19.4. The number of carboxylic acids is 1. The minimum atomic E-state index is -4.59. The van der Waals surface area contributed by atoms with Crippen LogP contribution in [0.15, 0.2) is 54.6 Å². The van der Waals surface area contributed by atoms with Gasteiger partial charge in [-0.1, -0.05) is 36.8 Å². The average molecular weight is 542 g/mol. The van der Waals surface area contributed by atoms with E-state index in [1.165, 1.54) is 12.1 Å². The summed E-state index contributed by atoms with van der Waals surface area (Å²) in [4.78, 5) is 13.5. The zero-order valence-corrected chi connectivity index (χ0v) is 21.6. The van der Waals surface area contributed by atoms with Crippen molar-refractivity contribution in [2.24, 2.45) is 0 Å². The molecule has 1 saturated heterocycles. The van der Waals surface area contributed by atoms with Crippen molar-refractivity contribution in [1.29, 1.82) is 0 Å². The Kier molecular flexibility index (Phi) is 7.70. The van der Waals surface area contributed by atoms with E-state index in [1.54, 1.807) is 4.90 Å². The second-order valence-corrected chi connectivity index (χ2v) is 9.89. The minimum Gasteiger partial charge on any atom is -0.488 e. The van der Waals surface area contributed by atoms with Gasteiger partial charge in [0.15, 0.2) is 11.5 Å². The maximum atomic E-state index is 13.8. The number of benzene rings is 3. The van der Waals surface area contributed by atoms with E-state index in [4.69, 9.17) is 14.2 Å². The Morgan fingerprint density at radius 1 is 1.05 bits per heavy atom. The van der Waals surface area contributed by atoms with Gasteiger partial charge in [-0.2, -0.15) is 13.2 Å². The van der Waals surface area contributed by atoms with Gasteiger partial charge < -0.3 is 19.3 Å². The first-order chi connectivity index (χ1) is 18.7. The number of hydrogen-bond acceptors (Lipinski definition) is 5. The van der Waals surface area contributed by atoms with Crippen LogP contribution in [-0.2, 0) is 24.1 Å². The fourth-order valence-electron chi connectivity index (χ4n) is 5.23. The topological polar surface area (TPSA) is 68.2 Å². The number of hydrogen-bond donors (Lipinski definition) is 1. The highest BCUT2D eigenvalue weighted by molar-refractivity contribution is 5.73. The molecule has 0 saturated carbocycles. The molecule has 3 aromatic rings. The molecule has 39 heavy (non-hydrogen) atoms. The van der Waals surface area contributed by atoms with Crippen LogP contribution in [0.4, 0.5) is 13.2 Å². The van der Waals surface area contributed by atoms with Crippen LogP contribution in [-0.4, -0.2) is 41.8 Å². The van der Waals surface area contributed by atoms with Crippen LogP contribution in [0.3, 0.4) is 0 Å². The van der Waals surface area contributed by atoms with E-state index in [9.17, 15) is 23.1 Å². The number of alkyl halides is 3. The number of carboxylic acid groups (broad SMARTS) is 1. The molecule has 9 heteroatoms. The quantitative estimate of drug-likeness (QED) is 0.370. The Morgan fingerprint density at radius 2 is 1.85 bits per heavy atom. The molecule has 206 valence electrons. The lowest BCUT2D eigenvalue weighted by molar-refractivity contribution is -0.144. The molecule has 1 N–H and O–H groups in total. The Labute approximate surface area is 224 Å². The molecule has 0 unspecified atom stereocenters. The lowest BCUT2D eigenvalue weighted by atomic mass is 9.96. The van der Waals surface area contributed by atoms with Crippen molar-refractivity contribution < 1.29 is 37.3 Å². The third-order valence-corrected chi connectivity index (χ3v) is 7.32. The summed E-state index contributed by atoms with van der Waals surface area (Å²) < 4.78 is 58.7. The molecule has 2 aliphatic heterocycles. The van der Waals surface area contributed by atoms with E-state index < -0.39 is 23.8 Å². The van der Waals surface area contributed by atoms with Gasteiger partial charge in [-0.15, -0.1) is 0 Å². The summed E-state index contributed by atoms with van der Waals surface area (Å²) in [6.45, 7) is 3.65. The molecule has 0 radical (unpaired) electrons. The lowest BCUT2D eigenvalue weighted by Crippen LogP contribution is -2.44. The molecule has 6 nitrogen and oxygen atoms in total. The summed E-state index contributed by atoms with van der Waals surface area (Å²) in [5, 5.41) is 9.56. The minimum absolute atomic E-state index is 0.0573. The van der Waals surface area contributed by atoms with Crippen molar-refractivity contribution in [1.82, 2.24) is 4.90 Å². The van der Waals surface area contributed by atoms with Crippen LogP contribution in [0.25, 0.3) is 11.1 Å². The molecular formula is C30H30F3NO5. The Morgan fingerprint density at radius 3 is 2.62 bits per heavy atom. The molecular weight excluding hydrogens is 511 g/mol. The number of carbonyl (C=O) groups is 1. The van der Waals surface area contributed by atoms with Gasteiger partial charge in [-0.25, -0.2) is 0 Å². The second-order valence-electron chi connectivity index (χ2n) is 9.89. The molecule has 0 aliphatic carbocycles. The summed E-state index contributed by atoms with van der Waals surface area (Å²) >= 11 is 0. The number of piperidine rings is 1. The Bertz CT molecular complexity index is 1360. The number of halogens is 3. The zero-order chi connectivity index (χ0) is 27.6. The molecule has 0 aromatic heterocycles. The van der Waals surface area contributed by atoms with Crippen LogP contribution < -0.4 is 14.2 Å². The maximum absolute atomic E-state index is 13.8. The predicted octanol–water partition coefficient (Wildman–Crippen LogP) is 6.47. The van der Waals surface area contributed by atoms with Gasteiger partial charge in [0.25, 0.3) is 0 Å². The largest absolute Gasteiger partial charge is 0.488 e. The molecule has 0 spiro atoms. The fraction of sp³-hybridized carbons (Fsp3) is 0.367. The van der Waals surface area contributed by atoms with Gasteiger partial charge in [0.2, 0.25) is 0 Å². The summed E-state index contributed by atoms with van der Waals surface area (Å²) in [6, 6.07) is 14.5. The van der Waals surface area contributed by atoms with Crippen molar-refractivity contribution in [3.8, 4) is 28.4 Å². The van der Waals surface area contributed by atoms with E-state index in [0.717, 1.165) is 41.2 Å². The number of aliphatic carboxylic acids is 1. The first kappa shape index (κ1) is 26.9. The first-order valence-electron chi connectivity index (χ1n) is 13.0. The van der Waals surface area contributed by atoms with Crippen LogP contribution in [0.5, 0.6) is 17.2 Å². The highest BCUT2D eigenvalue weighted by Crippen LogP contribution is 2.39. The van der Waals surface area contributed by atoms with Crippen LogP contribution in [0, 0.1) is 6.92 Å². The third-order valence-electron chi connectivity index (χ3n) is 7.32. The second kappa shape index (κ2) is 11.2. The van der Waals surface area contributed by atoms with E-state index >= 15 is 0 Å². The van der Waals surface area contributed by atoms with Crippen molar-refractivity contribution in [3.05, 3.63) is 76.9 Å². The molecule has 0 bridgehead atoms. The van der Waals surface area contributed by atoms with Gasteiger partial charge in [0.05, 0.1) is 5.56 Å². The summed E-state index contributed by atoms with van der Waals surface area (Å²) in [5.41, 5.74) is 3.18. The third kappa shape index (κ3) is 5.98. The number of likely N-dealkylation sites (tertiary alicyclic amines) is 1. The number of rotatable bonds is 7. The van der Waals surface area contributed by atoms with Crippen molar-refractivity contribution >= 4 is 5.97 Å². The van der Waals surface area contributed by atoms with E-state index in [1.807, 2.05) is 43.3 Å². The first-order valence-corrected chi connectivity index (χ1v) is 13.0. The number of ether oxygens (including phenoxy) is 3. The summed E-state index contributed by atoms with van der Waals surface area (Å²) in [7, 11) is 0. The Hall–Kier alpha value is -3.72. The Balaban J connectivity index is 1.39. The fourth-order valence-corrected chi connectivity index (χ4v) is 5.23. The number of fused-ring (bicyclic) bond motifs is 1. The molecule has 0 amide bonds. The molecule has 2 aliphatic rings. The van der Waals surface area contributed by atoms with Crippen molar-refractivity contribution in [2.75, 3.05) is 19.8 Å². The maximum Gasteiger partial charge on any atom is 0.419 e. The van der Waals surface area contributed by atoms with Crippen molar-refractivity contribution in [2.45, 2.75) is 51.6 Å². The summed E-state index contributed by atoms with van der Waals surface area (Å²) in [6.07, 6.45) is -2.39. The van der Waals surface area contributed by atoms with Gasteiger partial charge in [-0.3, -0.25) is 9.69 Å². The highest BCUT2D eigenvalue weighted by Gasteiger charge is 2.35. The van der Waals surface area contributed by atoms with Crippen molar-refractivity contribution in [3.63, 3.8) is 0 Å². The number of nitrogens with zero attached hydrogens (tertiary/aromatic N) is 1. The molecule has 3 aromatic carbocycles. The van der Waals surface area contributed by atoms with Gasteiger partial charge in [-0.05, 0) is 78.4 Å². The van der Waals surface area contributed by atoms with Gasteiger partial charge >= 0.3 is 12.1 Å². The average Bonchev–Trinajstić information content (AvgIpc) is 2.92. The standard InChI is InChI=1S/C30H30F3NO5/c1-19-22(5-4-6-23(19)21-9-11-26-28(16-21)38-14-13-37-26)18-39-27-15-20(8-10-24(27)30(31,32)33)17-34-12-3-2-7-25(34)29(35)36/h4-6,8-11,15-16,25H,2-3,7,12-14,17-18H2,1H3,(H,35,36)/t25-/m1/s1. The molecule has 5 rings (SSSR count). The lowest BCUT2D eigenvalue weighted by Gasteiger charge is -2.33. The molecule has 2 heterocycles. The normalized spacial score (nSPS) is 17.6. The van der Waals surface area contributed by atoms with E-state index in [0.29, 0.717) is 43.2 Å².